The first-order valence-electron chi connectivity index (χ1n) is 6.18. The van der Waals surface area contributed by atoms with Gasteiger partial charge in [-0.15, -0.1) is 11.8 Å². The summed E-state index contributed by atoms with van der Waals surface area (Å²) in [5.74, 6) is 0. The van der Waals surface area contributed by atoms with E-state index in [9.17, 15) is 13.5 Å². The summed E-state index contributed by atoms with van der Waals surface area (Å²) in [5.41, 5.74) is 0.933. The minimum atomic E-state index is -3.57. The molecule has 0 radical (unpaired) electrons. The lowest BCUT2D eigenvalue weighted by Crippen LogP contribution is -2.41. The lowest BCUT2D eigenvalue weighted by atomic mass is 10.2. The molecular formula is C13H16BrNO3S2. The molecule has 20 heavy (non-hydrogen) atoms. The molecule has 1 aliphatic heterocycles. The lowest BCUT2D eigenvalue weighted by molar-refractivity contribution is 0.234. The van der Waals surface area contributed by atoms with Gasteiger partial charge >= 0.3 is 0 Å². The summed E-state index contributed by atoms with van der Waals surface area (Å²) >= 11 is 4.31. The van der Waals surface area contributed by atoms with Crippen LogP contribution in [0.2, 0.25) is 0 Å². The van der Waals surface area contributed by atoms with Crippen molar-refractivity contribution in [3.8, 4) is 0 Å². The Morgan fingerprint density at radius 3 is 2.50 bits per heavy atom. The van der Waals surface area contributed by atoms with Crippen molar-refractivity contribution in [3.05, 3.63) is 45.8 Å². The fourth-order valence-corrected chi connectivity index (χ4v) is 6.14. The summed E-state index contributed by atoms with van der Waals surface area (Å²) in [7, 11) is -3.57. The van der Waals surface area contributed by atoms with E-state index in [1.54, 1.807) is 12.3 Å². The Labute approximate surface area is 132 Å². The van der Waals surface area contributed by atoms with Crippen LogP contribution in [0.15, 0.2) is 40.2 Å². The molecule has 2 unspecified atom stereocenters. The molecule has 1 N–H and O–H groups in total. The van der Waals surface area contributed by atoms with E-state index in [0.29, 0.717) is 17.6 Å². The molecule has 1 aromatic carbocycles. The van der Waals surface area contributed by atoms with Gasteiger partial charge in [0, 0.05) is 17.6 Å². The fourth-order valence-electron chi connectivity index (χ4n) is 1.95. The highest BCUT2D eigenvalue weighted by Gasteiger charge is 2.41. The van der Waals surface area contributed by atoms with Gasteiger partial charge in [0.25, 0.3) is 0 Å². The van der Waals surface area contributed by atoms with Crippen LogP contribution in [-0.2, 0) is 16.6 Å². The number of thioether (sulfide) groups is 1. The molecule has 0 bridgehead atoms. The molecule has 7 heteroatoms. The zero-order chi connectivity index (χ0) is 14.8. The Balaban J connectivity index is 2.19. The largest absolute Gasteiger partial charge is 0.386 e. The maximum atomic E-state index is 12.6. The van der Waals surface area contributed by atoms with Crippen molar-refractivity contribution in [1.29, 1.82) is 0 Å². The number of hydrogen-bond donors (Lipinski definition) is 1. The standard InChI is InChI=1S/C13H16BrNO3S2/c1-2-15(8-10-6-4-3-5-7-10)20(17,18)13-12(16)11(14)9-19-13/h3-7,9,12-13,16H,2,8H2,1H3. The average molecular weight is 378 g/mol. The third kappa shape index (κ3) is 3.28. The fraction of sp³-hybridized carbons (Fsp3) is 0.385. The second kappa shape index (κ2) is 6.62. The first-order chi connectivity index (χ1) is 9.46. The number of nitrogens with zero attached hydrogens (tertiary/aromatic N) is 1. The quantitative estimate of drug-likeness (QED) is 0.856. The topological polar surface area (TPSA) is 57.6 Å². The number of aliphatic hydroxyl groups is 1. The van der Waals surface area contributed by atoms with Crippen LogP contribution < -0.4 is 0 Å². The van der Waals surface area contributed by atoms with Crippen molar-refractivity contribution in [1.82, 2.24) is 4.31 Å². The average Bonchev–Trinajstić information content (AvgIpc) is 2.78. The number of hydrogen-bond acceptors (Lipinski definition) is 4. The van der Waals surface area contributed by atoms with E-state index in [4.69, 9.17) is 0 Å². The van der Waals surface area contributed by atoms with Gasteiger partial charge < -0.3 is 5.11 Å². The van der Waals surface area contributed by atoms with Gasteiger partial charge in [0.05, 0.1) is 0 Å². The van der Waals surface area contributed by atoms with Crippen LogP contribution in [0.25, 0.3) is 0 Å². The van der Waals surface area contributed by atoms with Crippen LogP contribution >= 0.6 is 27.7 Å². The highest BCUT2D eigenvalue weighted by Crippen LogP contribution is 2.38. The van der Waals surface area contributed by atoms with E-state index in [2.05, 4.69) is 15.9 Å². The minimum Gasteiger partial charge on any atom is -0.386 e. The summed E-state index contributed by atoms with van der Waals surface area (Å²) in [5, 5.41) is 11.6. The normalized spacial score (nSPS) is 23.1. The predicted molar refractivity (Wildman–Crippen MR) is 85.8 cm³/mol. The number of sulfonamides is 1. The number of halogens is 1. The van der Waals surface area contributed by atoms with Crippen molar-refractivity contribution >= 4 is 37.7 Å². The zero-order valence-corrected chi connectivity index (χ0v) is 14.2. The van der Waals surface area contributed by atoms with E-state index < -0.39 is 20.7 Å². The van der Waals surface area contributed by atoms with Gasteiger partial charge in [0.1, 0.15) is 6.10 Å². The Kier molecular flexibility index (Phi) is 5.30. The molecule has 1 heterocycles. The highest BCUT2D eigenvalue weighted by atomic mass is 79.9. The molecule has 0 spiro atoms. The van der Waals surface area contributed by atoms with Gasteiger partial charge in [0.15, 0.2) is 4.58 Å². The lowest BCUT2D eigenvalue weighted by Gasteiger charge is -2.25. The molecule has 0 fully saturated rings. The van der Waals surface area contributed by atoms with E-state index in [1.807, 2.05) is 30.3 Å². The summed E-state index contributed by atoms with van der Waals surface area (Å²) < 4.78 is 26.3. The van der Waals surface area contributed by atoms with Crippen LogP contribution in [0.4, 0.5) is 0 Å². The molecular weight excluding hydrogens is 362 g/mol. The summed E-state index contributed by atoms with van der Waals surface area (Å²) in [6, 6.07) is 9.45. The molecule has 2 atom stereocenters. The Hall–Kier alpha value is -0.340. The second-order valence-electron chi connectivity index (χ2n) is 4.41. The molecule has 0 aromatic heterocycles. The maximum Gasteiger partial charge on any atom is 0.229 e. The smallest absolute Gasteiger partial charge is 0.229 e. The van der Waals surface area contributed by atoms with Crippen LogP contribution in [0.1, 0.15) is 12.5 Å². The Bertz CT molecular complexity index is 589. The predicted octanol–water partition coefficient (Wildman–Crippen LogP) is 2.51. The molecule has 0 amide bonds. The summed E-state index contributed by atoms with van der Waals surface area (Å²) in [6.07, 6.45) is -1.00. The molecule has 2 rings (SSSR count). The van der Waals surface area contributed by atoms with E-state index in [-0.39, 0.29) is 0 Å². The van der Waals surface area contributed by atoms with Gasteiger partial charge in [-0.3, -0.25) is 0 Å². The second-order valence-corrected chi connectivity index (χ2v) is 8.69. The Morgan fingerprint density at radius 1 is 1.35 bits per heavy atom. The zero-order valence-electron chi connectivity index (χ0n) is 10.9. The SMILES string of the molecule is CCN(Cc1ccccc1)S(=O)(=O)C1SC=C(Br)C1O. The first-order valence-corrected chi connectivity index (χ1v) is 9.42. The van der Waals surface area contributed by atoms with E-state index >= 15 is 0 Å². The molecule has 110 valence electrons. The molecule has 1 aromatic rings. The van der Waals surface area contributed by atoms with Gasteiger partial charge in [0.2, 0.25) is 10.0 Å². The molecule has 0 aliphatic carbocycles. The Morgan fingerprint density at radius 2 is 2.00 bits per heavy atom. The molecule has 0 saturated carbocycles. The van der Waals surface area contributed by atoms with E-state index in [0.717, 1.165) is 17.3 Å². The third-order valence-corrected chi connectivity index (χ3v) is 8.00. The molecule has 4 nitrogen and oxygen atoms in total. The van der Waals surface area contributed by atoms with Gasteiger partial charge in [-0.25, -0.2) is 8.42 Å². The van der Waals surface area contributed by atoms with Crippen LogP contribution in [0, 0.1) is 0 Å². The van der Waals surface area contributed by atoms with Crippen molar-refractivity contribution in [2.45, 2.75) is 24.2 Å². The monoisotopic (exact) mass is 377 g/mol. The van der Waals surface area contributed by atoms with Crippen LogP contribution in [0.5, 0.6) is 0 Å². The minimum absolute atomic E-state index is 0.321. The first kappa shape index (κ1) is 16.0. The number of aliphatic hydroxyl groups excluding tert-OH is 1. The van der Waals surface area contributed by atoms with Crippen molar-refractivity contribution in [2.75, 3.05) is 6.54 Å². The number of benzene rings is 1. The van der Waals surface area contributed by atoms with Crippen molar-refractivity contribution in [2.24, 2.45) is 0 Å². The molecule has 1 aliphatic rings. The number of rotatable bonds is 5. The van der Waals surface area contributed by atoms with Crippen molar-refractivity contribution in [3.63, 3.8) is 0 Å². The van der Waals surface area contributed by atoms with E-state index in [1.165, 1.54) is 4.31 Å². The van der Waals surface area contributed by atoms with Crippen LogP contribution in [-0.4, -0.2) is 35.1 Å². The van der Waals surface area contributed by atoms with Gasteiger partial charge in [-0.2, -0.15) is 4.31 Å². The summed E-state index contributed by atoms with van der Waals surface area (Å²) in [4.78, 5) is 0. The molecule has 0 saturated heterocycles. The highest BCUT2D eigenvalue weighted by molar-refractivity contribution is 9.11. The maximum absolute atomic E-state index is 12.6. The van der Waals surface area contributed by atoms with Crippen molar-refractivity contribution < 1.29 is 13.5 Å². The van der Waals surface area contributed by atoms with Gasteiger partial charge in [-0.05, 0) is 11.0 Å². The third-order valence-electron chi connectivity index (χ3n) is 3.06. The van der Waals surface area contributed by atoms with Gasteiger partial charge in [-0.1, -0.05) is 53.2 Å². The summed E-state index contributed by atoms with van der Waals surface area (Å²) in [6.45, 7) is 2.49. The van der Waals surface area contributed by atoms with Crippen LogP contribution in [0.3, 0.4) is 0 Å².